The number of aromatic nitrogens is 4. The molecule has 0 fully saturated rings. The lowest BCUT2D eigenvalue weighted by Gasteiger charge is -2.03. The zero-order valence-electron chi connectivity index (χ0n) is 13.9. The van der Waals surface area contributed by atoms with Crippen LogP contribution in [0.4, 0.5) is 0 Å². The molecule has 6 nitrogen and oxygen atoms in total. The summed E-state index contributed by atoms with van der Waals surface area (Å²) < 4.78 is 6.69. The Bertz CT molecular complexity index is 1150. The Kier molecular flexibility index (Phi) is 4.28. The second-order valence-electron chi connectivity index (χ2n) is 5.44. The van der Waals surface area contributed by atoms with Gasteiger partial charge in [0.25, 0.3) is 5.56 Å². The third-order valence-electron chi connectivity index (χ3n) is 3.73. The van der Waals surface area contributed by atoms with E-state index in [2.05, 4.69) is 15.1 Å². The highest BCUT2D eigenvalue weighted by Crippen LogP contribution is 2.32. The number of hydrogen-bond acceptors (Lipinski definition) is 6. The molecule has 0 unspecified atom stereocenters. The van der Waals surface area contributed by atoms with Gasteiger partial charge in [0.2, 0.25) is 4.96 Å². The van der Waals surface area contributed by atoms with Gasteiger partial charge < -0.3 is 4.74 Å². The van der Waals surface area contributed by atoms with Crippen molar-refractivity contribution in [2.45, 2.75) is 0 Å². The number of ether oxygens (including phenoxy) is 1. The molecule has 3 heterocycles. The molecule has 0 atom stereocenters. The Morgan fingerprint density at radius 1 is 1.15 bits per heavy atom. The highest BCUT2D eigenvalue weighted by Gasteiger charge is 2.13. The zero-order valence-corrected chi connectivity index (χ0v) is 14.7. The molecule has 0 N–H and O–H groups in total. The van der Waals surface area contributed by atoms with Crippen molar-refractivity contribution < 1.29 is 4.74 Å². The lowest BCUT2D eigenvalue weighted by atomic mass is 10.2. The van der Waals surface area contributed by atoms with Gasteiger partial charge in [0, 0.05) is 18.5 Å². The van der Waals surface area contributed by atoms with Crippen LogP contribution in [0.2, 0.25) is 0 Å². The van der Waals surface area contributed by atoms with Crippen LogP contribution in [-0.2, 0) is 0 Å². The molecule has 0 aliphatic heterocycles. The van der Waals surface area contributed by atoms with Crippen molar-refractivity contribution in [1.82, 2.24) is 19.6 Å². The molecule has 3 aromatic heterocycles. The molecule has 128 valence electrons. The number of fused-ring (bicyclic) bond motifs is 1. The molecule has 4 aromatic rings. The first-order chi connectivity index (χ1) is 12.7. The summed E-state index contributed by atoms with van der Waals surface area (Å²) in [7, 11) is 1.61. The molecule has 0 bridgehead atoms. The van der Waals surface area contributed by atoms with E-state index < -0.39 is 0 Å². The fourth-order valence-corrected chi connectivity index (χ4v) is 3.44. The maximum atomic E-state index is 12.4. The second-order valence-corrected chi connectivity index (χ2v) is 6.40. The highest BCUT2D eigenvalue weighted by molar-refractivity contribution is 7.19. The van der Waals surface area contributed by atoms with Crippen LogP contribution in [0.3, 0.4) is 0 Å². The van der Waals surface area contributed by atoms with Crippen LogP contribution < -0.4 is 10.3 Å². The van der Waals surface area contributed by atoms with Gasteiger partial charge in [0.1, 0.15) is 5.75 Å². The van der Waals surface area contributed by atoms with E-state index in [9.17, 15) is 4.79 Å². The van der Waals surface area contributed by atoms with Crippen molar-refractivity contribution >= 4 is 28.4 Å². The van der Waals surface area contributed by atoms with Gasteiger partial charge in [-0.1, -0.05) is 35.6 Å². The normalized spacial score (nSPS) is 11.3. The maximum Gasteiger partial charge on any atom is 0.275 e. The molecule has 0 aliphatic rings. The van der Waals surface area contributed by atoms with Crippen LogP contribution in [0.25, 0.3) is 27.7 Å². The molecule has 0 saturated heterocycles. The summed E-state index contributed by atoms with van der Waals surface area (Å²) in [6.07, 6.45) is 7.12. The number of benzene rings is 1. The summed E-state index contributed by atoms with van der Waals surface area (Å²) in [5.41, 5.74) is 2.12. The minimum atomic E-state index is -0.224. The number of methoxy groups -OCH3 is 1. The average Bonchev–Trinajstić information content (AvgIpc) is 3.12. The van der Waals surface area contributed by atoms with Gasteiger partial charge in [-0.3, -0.25) is 9.78 Å². The third-order valence-corrected chi connectivity index (χ3v) is 4.67. The fraction of sp³-hybridized carbons (Fsp3) is 0.0526. The molecule has 4 rings (SSSR count). The molecule has 26 heavy (non-hydrogen) atoms. The first-order valence-electron chi connectivity index (χ1n) is 7.87. The van der Waals surface area contributed by atoms with Crippen molar-refractivity contribution in [2.75, 3.05) is 7.11 Å². The van der Waals surface area contributed by atoms with E-state index in [-0.39, 0.29) is 5.56 Å². The minimum absolute atomic E-state index is 0.224. The zero-order chi connectivity index (χ0) is 17.9. The first kappa shape index (κ1) is 16.2. The molecule has 1 aromatic carbocycles. The molecule has 0 spiro atoms. The van der Waals surface area contributed by atoms with Gasteiger partial charge in [-0.25, -0.2) is 4.98 Å². The predicted octanol–water partition coefficient (Wildman–Crippen LogP) is 3.39. The molecule has 7 heteroatoms. The number of pyridine rings is 1. The predicted molar refractivity (Wildman–Crippen MR) is 102 cm³/mol. The Morgan fingerprint density at radius 3 is 2.85 bits per heavy atom. The van der Waals surface area contributed by atoms with E-state index in [0.29, 0.717) is 21.4 Å². The second kappa shape index (κ2) is 6.89. The number of hydrogen-bond donors (Lipinski definition) is 0. The Morgan fingerprint density at radius 2 is 2.04 bits per heavy atom. The summed E-state index contributed by atoms with van der Waals surface area (Å²) in [4.78, 5) is 21.5. The van der Waals surface area contributed by atoms with Crippen LogP contribution in [0.5, 0.6) is 5.75 Å². The van der Waals surface area contributed by atoms with Crippen molar-refractivity contribution in [2.24, 2.45) is 0 Å². The van der Waals surface area contributed by atoms with Gasteiger partial charge in [-0.2, -0.15) is 9.61 Å². The van der Waals surface area contributed by atoms with Crippen LogP contribution >= 0.6 is 11.3 Å². The smallest absolute Gasteiger partial charge is 0.275 e. The van der Waals surface area contributed by atoms with Gasteiger partial charge in [0.05, 0.1) is 18.4 Å². The summed E-state index contributed by atoms with van der Waals surface area (Å²) in [6.45, 7) is 0. The quantitative estimate of drug-likeness (QED) is 0.557. The van der Waals surface area contributed by atoms with E-state index in [4.69, 9.17) is 4.74 Å². The van der Waals surface area contributed by atoms with E-state index >= 15 is 0 Å². The lowest BCUT2D eigenvalue weighted by Crippen LogP contribution is -2.14. The van der Waals surface area contributed by atoms with E-state index in [1.54, 1.807) is 25.6 Å². The molecule has 0 radical (unpaired) electrons. The summed E-state index contributed by atoms with van der Waals surface area (Å²) in [5, 5.41) is 5.08. The third kappa shape index (κ3) is 3.12. The van der Waals surface area contributed by atoms with Gasteiger partial charge >= 0.3 is 0 Å². The van der Waals surface area contributed by atoms with Crippen LogP contribution in [0, 0.1) is 0 Å². The first-order valence-corrected chi connectivity index (χ1v) is 8.69. The van der Waals surface area contributed by atoms with E-state index in [1.807, 2.05) is 42.5 Å². The average molecular weight is 362 g/mol. The molecular weight excluding hydrogens is 348 g/mol. The molecule has 0 saturated carbocycles. The summed E-state index contributed by atoms with van der Waals surface area (Å²) in [5.74, 6) is 0.705. The largest absolute Gasteiger partial charge is 0.496 e. The molecule has 0 aliphatic carbocycles. The Hall–Kier alpha value is -3.32. The number of nitrogens with zero attached hydrogens (tertiary/aromatic N) is 4. The monoisotopic (exact) mass is 362 g/mol. The molecule has 0 amide bonds. The van der Waals surface area contributed by atoms with Crippen LogP contribution in [0.15, 0.2) is 59.7 Å². The fourth-order valence-electron chi connectivity index (χ4n) is 2.50. The highest BCUT2D eigenvalue weighted by atomic mass is 32.1. The summed E-state index contributed by atoms with van der Waals surface area (Å²) in [6, 6.07) is 12.8. The van der Waals surface area contributed by atoms with Crippen molar-refractivity contribution in [3.8, 4) is 16.3 Å². The number of para-hydroxylation sites is 1. The van der Waals surface area contributed by atoms with Gasteiger partial charge in [0.15, 0.2) is 5.01 Å². The standard InChI is InChI=1S/C19H14N4O2S/c1-25-16-7-3-2-6-15(16)18-22-23-17(24)11-14(21-19(23)26-18)9-8-13-5-4-10-20-12-13/h2-12H,1H3/b9-8+. The topological polar surface area (TPSA) is 69.4 Å². The van der Waals surface area contributed by atoms with Gasteiger partial charge in [-0.15, -0.1) is 0 Å². The number of rotatable bonds is 4. The minimum Gasteiger partial charge on any atom is -0.496 e. The summed E-state index contributed by atoms with van der Waals surface area (Å²) >= 11 is 1.34. The SMILES string of the molecule is COc1ccccc1-c1nn2c(=O)cc(/C=C/c3cccnc3)nc2s1. The van der Waals surface area contributed by atoms with Gasteiger partial charge in [-0.05, 0) is 29.8 Å². The van der Waals surface area contributed by atoms with Crippen molar-refractivity contribution in [3.05, 3.63) is 76.5 Å². The molecular formula is C19H14N4O2S. The maximum absolute atomic E-state index is 12.4. The van der Waals surface area contributed by atoms with Crippen LogP contribution in [0.1, 0.15) is 11.3 Å². The van der Waals surface area contributed by atoms with Crippen molar-refractivity contribution in [1.29, 1.82) is 0 Å². The Labute approximate surface area is 153 Å². The van der Waals surface area contributed by atoms with E-state index in [1.165, 1.54) is 21.9 Å². The Balaban J connectivity index is 1.76. The lowest BCUT2D eigenvalue weighted by molar-refractivity contribution is 0.416. The van der Waals surface area contributed by atoms with Crippen molar-refractivity contribution in [3.63, 3.8) is 0 Å². The van der Waals surface area contributed by atoms with Crippen LogP contribution in [-0.4, -0.2) is 26.7 Å². The van der Waals surface area contributed by atoms with E-state index in [0.717, 1.165) is 11.1 Å².